The minimum atomic E-state index is -0.205. The number of halogens is 1. The molecule has 0 unspecified atom stereocenters. The van der Waals surface area contributed by atoms with E-state index in [1.807, 2.05) is 24.3 Å². The molecule has 0 saturated carbocycles. The van der Waals surface area contributed by atoms with Gasteiger partial charge >= 0.3 is 0 Å². The normalized spacial score (nSPS) is 10.6. The Morgan fingerprint density at radius 2 is 2.00 bits per heavy atom. The Labute approximate surface area is 109 Å². The van der Waals surface area contributed by atoms with Gasteiger partial charge in [0.15, 0.2) is 11.0 Å². The topological polar surface area (TPSA) is 64.1 Å². The smallest absolute Gasteiger partial charge is 0.227 e. The summed E-state index contributed by atoms with van der Waals surface area (Å²) < 4.78 is 4.82. The Bertz CT molecular complexity index is 574. The van der Waals surface area contributed by atoms with Gasteiger partial charge in [-0.25, -0.2) is 9.97 Å². The minimum absolute atomic E-state index is 0.180. The van der Waals surface area contributed by atoms with Gasteiger partial charge in [-0.05, 0) is 12.1 Å². The monoisotopic (exact) mass is 265 g/mol. The zero-order chi connectivity index (χ0) is 13.0. The second-order valence-electron chi connectivity index (χ2n) is 3.64. The van der Waals surface area contributed by atoms with E-state index in [2.05, 4.69) is 15.3 Å². The summed E-state index contributed by atoms with van der Waals surface area (Å²) in [6.45, 7) is 0.352. The van der Waals surface area contributed by atoms with Crippen molar-refractivity contribution in [1.82, 2.24) is 9.97 Å². The molecule has 0 spiro atoms. The van der Waals surface area contributed by atoms with E-state index in [1.165, 1.54) is 7.11 Å². The summed E-state index contributed by atoms with van der Waals surface area (Å²) in [4.78, 5) is 20.0. The van der Waals surface area contributed by atoms with Gasteiger partial charge in [0.2, 0.25) is 5.91 Å². The second-order valence-corrected chi connectivity index (χ2v) is 4.00. The van der Waals surface area contributed by atoms with E-state index in [9.17, 15) is 4.79 Å². The molecule has 18 heavy (non-hydrogen) atoms. The fourth-order valence-corrected chi connectivity index (χ4v) is 1.63. The number of carbonyl (C=O) groups excluding carboxylic acids is 1. The average molecular weight is 266 g/mol. The number of fused-ring (bicyclic) bond motifs is 1. The molecule has 2 aromatic rings. The minimum Gasteiger partial charge on any atom is -0.384 e. The molecule has 1 N–H and O–H groups in total. The maximum absolute atomic E-state index is 11.5. The van der Waals surface area contributed by atoms with E-state index in [0.29, 0.717) is 17.6 Å². The summed E-state index contributed by atoms with van der Waals surface area (Å²) in [5.41, 5.74) is 1.38. The standard InChI is InChI=1S/C12H12ClN3O2/c1-18-7-6-10(17)16-12-11(13)14-8-4-2-3-5-9(8)15-12/h2-5H,6-7H2,1H3,(H,15,16,17). The lowest BCUT2D eigenvalue weighted by Crippen LogP contribution is -2.15. The number of ether oxygens (including phenoxy) is 1. The number of anilines is 1. The highest BCUT2D eigenvalue weighted by Crippen LogP contribution is 2.20. The molecular weight excluding hydrogens is 254 g/mol. The molecule has 0 saturated heterocycles. The van der Waals surface area contributed by atoms with Crippen molar-refractivity contribution >= 4 is 34.4 Å². The largest absolute Gasteiger partial charge is 0.384 e. The van der Waals surface area contributed by atoms with Gasteiger partial charge in [-0.1, -0.05) is 23.7 Å². The zero-order valence-corrected chi connectivity index (χ0v) is 10.6. The lowest BCUT2D eigenvalue weighted by atomic mass is 10.3. The summed E-state index contributed by atoms with van der Waals surface area (Å²) in [6, 6.07) is 7.32. The number of nitrogens with zero attached hydrogens (tertiary/aromatic N) is 2. The number of rotatable bonds is 4. The maximum Gasteiger partial charge on any atom is 0.227 e. The van der Waals surface area contributed by atoms with Crippen molar-refractivity contribution in [2.75, 3.05) is 19.0 Å². The summed E-state index contributed by atoms with van der Waals surface area (Å²) in [6.07, 6.45) is 0.251. The van der Waals surface area contributed by atoms with Crippen LogP contribution in [0.1, 0.15) is 6.42 Å². The van der Waals surface area contributed by atoms with Crippen LogP contribution in [0.2, 0.25) is 5.15 Å². The van der Waals surface area contributed by atoms with Crippen molar-refractivity contribution in [3.05, 3.63) is 29.4 Å². The molecule has 6 heteroatoms. The van der Waals surface area contributed by atoms with Gasteiger partial charge in [-0.2, -0.15) is 0 Å². The van der Waals surface area contributed by atoms with Crippen molar-refractivity contribution in [3.8, 4) is 0 Å². The van der Waals surface area contributed by atoms with Gasteiger partial charge < -0.3 is 10.1 Å². The fourth-order valence-electron chi connectivity index (χ4n) is 1.45. The van der Waals surface area contributed by atoms with Crippen molar-refractivity contribution in [3.63, 3.8) is 0 Å². The van der Waals surface area contributed by atoms with Crippen LogP contribution in [0.15, 0.2) is 24.3 Å². The molecule has 2 rings (SSSR count). The lowest BCUT2D eigenvalue weighted by Gasteiger charge is -2.06. The fraction of sp³-hybridized carbons (Fsp3) is 0.250. The molecule has 94 valence electrons. The Morgan fingerprint density at radius 3 is 2.67 bits per heavy atom. The van der Waals surface area contributed by atoms with Crippen LogP contribution in [0.4, 0.5) is 5.82 Å². The molecule has 0 radical (unpaired) electrons. The molecule has 0 aliphatic rings. The third kappa shape index (κ3) is 2.94. The lowest BCUT2D eigenvalue weighted by molar-refractivity contribution is -0.117. The number of hydrogen-bond acceptors (Lipinski definition) is 4. The van der Waals surface area contributed by atoms with Gasteiger partial charge in [0.1, 0.15) is 0 Å². The number of amides is 1. The van der Waals surface area contributed by atoms with E-state index in [4.69, 9.17) is 16.3 Å². The summed E-state index contributed by atoms with van der Waals surface area (Å²) in [5.74, 6) is 0.0693. The van der Waals surface area contributed by atoms with Crippen molar-refractivity contribution < 1.29 is 9.53 Å². The highest BCUT2D eigenvalue weighted by atomic mass is 35.5. The molecule has 0 bridgehead atoms. The first-order chi connectivity index (χ1) is 8.70. The number of benzene rings is 1. The zero-order valence-electron chi connectivity index (χ0n) is 9.81. The van der Waals surface area contributed by atoms with Crippen LogP contribution >= 0.6 is 11.6 Å². The van der Waals surface area contributed by atoms with Crippen LogP contribution in [-0.4, -0.2) is 29.6 Å². The molecule has 0 atom stereocenters. The Kier molecular flexibility index (Phi) is 4.07. The number of aromatic nitrogens is 2. The average Bonchev–Trinajstić information content (AvgIpc) is 2.37. The molecule has 5 nitrogen and oxygen atoms in total. The van der Waals surface area contributed by atoms with Crippen LogP contribution in [0.25, 0.3) is 11.0 Å². The first kappa shape index (κ1) is 12.7. The van der Waals surface area contributed by atoms with Crippen LogP contribution in [0.5, 0.6) is 0 Å². The third-order valence-corrected chi connectivity index (χ3v) is 2.58. The van der Waals surface area contributed by atoms with E-state index in [0.717, 1.165) is 0 Å². The predicted octanol–water partition coefficient (Wildman–Crippen LogP) is 2.26. The predicted molar refractivity (Wildman–Crippen MR) is 69.7 cm³/mol. The Balaban J connectivity index is 2.22. The van der Waals surface area contributed by atoms with Crippen LogP contribution in [0.3, 0.4) is 0 Å². The molecular formula is C12H12ClN3O2. The number of para-hydroxylation sites is 2. The Morgan fingerprint density at radius 1 is 1.33 bits per heavy atom. The highest BCUT2D eigenvalue weighted by Gasteiger charge is 2.09. The number of carbonyl (C=O) groups is 1. The van der Waals surface area contributed by atoms with Crippen LogP contribution < -0.4 is 5.32 Å². The summed E-state index contributed by atoms with van der Waals surface area (Å²) in [5, 5.41) is 2.79. The second kappa shape index (κ2) is 5.75. The molecule has 1 amide bonds. The van der Waals surface area contributed by atoms with Gasteiger partial charge in [0.25, 0.3) is 0 Å². The summed E-state index contributed by atoms with van der Waals surface area (Å²) >= 11 is 5.96. The molecule has 1 heterocycles. The van der Waals surface area contributed by atoms with E-state index in [-0.39, 0.29) is 23.3 Å². The van der Waals surface area contributed by atoms with Crippen LogP contribution in [0, 0.1) is 0 Å². The van der Waals surface area contributed by atoms with E-state index < -0.39 is 0 Å². The Hall–Kier alpha value is -1.72. The van der Waals surface area contributed by atoms with Gasteiger partial charge in [-0.15, -0.1) is 0 Å². The van der Waals surface area contributed by atoms with Crippen molar-refractivity contribution in [2.24, 2.45) is 0 Å². The quantitative estimate of drug-likeness (QED) is 0.921. The van der Waals surface area contributed by atoms with Crippen molar-refractivity contribution in [1.29, 1.82) is 0 Å². The SMILES string of the molecule is COCCC(=O)Nc1nc2ccccc2nc1Cl. The highest BCUT2D eigenvalue weighted by molar-refractivity contribution is 6.32. The molecule has 1 aromatic heterocycles. The van der Waals surface area contributed by atoms with Crippen molar-refractivity contribution in [2.45, 2.75) is 6.42 Å². The number of nitrogens with one attached hydrogen (secondary N) is 1. The van der Waals surface area contributed by atoms with E-state index >= 15 is 0 Å². The number of hydrogen-bond donors (Lipinski definition) is 1. The number of methoxy groups -OCH3 is 1. The van der Waals surface area contributed by atoms with Crippen LogP contribution in [-0.2, 0) is 9.53 Å². The van der Waals surface area contributed by atoms with E-state index in [1.54, 1.807) is 0 Å². The molecule has 0 fully saturated rings. The summed E-state index contributed by atoms with van der Waals surface area (Å²) in [7, 11) is 1.54. The first-order valence-corrected chi connectivity index (χ1v) is 5.79. The maximum atomic E-state index is 11.5. The molecule has 1 aromatic carbocycles. The first-order valence-electron chi connectivity index (χ1n) is 5.42. The van der Waals surface area contributed by atoms with Gasteiger partial charge in [0.05, 0.1) is 24.1 Å². The molecule has 0 aliphatic carbocycles. The van der Waals surface area contributed by atoms with Gasteiger partial charge in [0, 0.05) is 7.11 Å². The van der Waals surface area contributed by atoms with Gasteiger partial charge in [-0.3, -0.25) is 4.79 Å². The molecule has 0 aliphatic heterocycles. The third-order valence-electron chi connectivity index (χ3n) is 2.32.